The summed E-state index contributed by atoms with van der Waals surface area (Å²) in [5.74, 6) is 1.31. The van der Waals surface area contributed by atoms with E-state index in [2.05, 4.69) is 24.5 Å². The van der Waals surface area contributed by atoms with Gasteiger partial charge < -0.3 is 10.6 Å². The van der Waals surface area contributed by atoms with Crippen LogP contribution in [0.5, 0.6) is 0 Å². The topological polar surface area (TPSA) is 41.1 Å². The Morgan fingerprint density at radius 1 is 1.28 bits per heavy atom. The number of rotatable bonds is 7. The molecule has 18 heavy (non-hydrogen) atoms. The first-order chi connectivity index (χ1) is 8.54. The fraction of sp³-hybridized carbons (Fsp3) is 0.533. The van der Waals surface area contributed by atoms with E-state index < -0.39 is 0 Å². The molecule has 0 aliphatic heterocycles. The third-order valence-corrected chi connectivity index (χ3v) is 3.25. The summed E-state index contributed by atoms with van der Waals surface area (Å²) in [6, 6.07) is 7.69. The number of benzene rings is 1. The number of hydrogen-bond acceptors (Lipinski definition) is 3. The Hall–Kier alpha value is -1.35. The van der Waals surface area contributed by atoms with Gasteiger partial charge in [-0.3, -0.25) is 4.79 Å². The standard InChI is InChI=1S/C15H24N2O/c1-11(2)14(9-16-4)10-17-15-7-5-6-13(8-15)12(3)18/h5-8,11,14,16-17H,9-10H2,1-4H3. The monoisotopic (exact) mass is 248 g/mol. The van der Waals surface area contributed by atoms with Gasteiger partial charge in [0.2, 0.25) is 0 Å². The molecule has 0 radical (unpaired) electrons. The van der Waals surface area contributed by atoms with Crippen molar-refractivity contribution in [3.8, 4) is 0 Å². The highest BCUT2D eigenvalue weighted by Crippen LogP contribution is 2.14. The third kappa shape index (κ3) is 4.49. The first-order valence-corrected chi connectivity index (χ1v) is 6.54. The van der Waals surface area contributed by atoms with Gasteiger partial charge in [0.15, 0.2) is 5.78 Å². The fourth-order valence-electron chi connectivity index (χ4n) is 1.90. The van der Waals surface area contributed by atoms with Gasteiger partial charge in [0.1, 0.15) is 0 Å². The van der Waals surface area contributed by atoms with Gasteiger partial charge >= 0.3 is 0 Å². The van der Waals surface area contributed by atoms with Gasteiger partial charge in [-0.15, -0.1) is 0 Å². The van der Waals surface area contributed by atoms with Crippen LogP contribution in [0.1, 0.15) is 31.1 Å². The van der Waals surface area contributed by atoms with E-state index in [0.29, 0.717) is 11.8 Å². The number of nitrogens with one attached hydrogen (secondary N) is 2. The Labute approximate surface area is 110 Å². The van der Waals surface area contributed by atoms with Gasteiger partial charge in [-0.2, -0.15) is 0 Å². The molecule has 1 aromatic rings. The van der Waals surface area contributed by atoms with E-state index in [9.17, 15) is 4.79 Å². The molecule has 1 unspecified atom stereocenters. The minimum atomic E-state index is 0.106. The quantitative estimate of drug-likeness (QED) is 0.729. The van der Waals surface area contributed by atoms with Crippen LogP contribution in [-0.2, 0) is 0 Å². The second kappa shape index (κ2) is 7.17. The molecule has 0 saturated carbocycles. The van der Waals surface area contributed by atoms with Crippen LogP contribution in [0.2, 0.25) is 0 Å². The van der Waals surface area contributed by atoms with Crippen LogP contribution >= 0.6 is 0 Å². The molecular formula is C15H24N2O. The van der Waals surface area contributed by atoms with Gasteiger partial charge in [-0.25, -0.2) is 0 Å². The first-order valence-electron chi connectivity index (χ1n) is 6.54. The average Bonchev–Trinajstić information content (AvgIpc) is 2.34. The molecule has 2 N–H and O–H groups in total. The summed E-state index contributed by atoms with van der Waals surface area (Å²) in [7, 11) is 1.98. The zero-order chi connectivity index (χ0) is 13.5. The minimum Gasteiger partial charge on any atom is -0.385 e. The second-order valence-electron chi connectivity index (χ2n) is 5.08. The Morgan fingerprint density at radius 2 is 2.00 bits per heavy atom. The van der Waals surface area contributed by atoms with Crippen molar-refractivity contribution in [3.05, 3.63) is 29.8 Å². The lowest BCUT2D eigenvalue weighted by Crippen LogP contribution is -2.29. The van der Waals surface area contributed by atoms with Crippen LogP contribution in [-0.4, -0.2) is 25.9 Å². The van der Waals surface area contributed by atoms with Crippen LogP contribution in [0, 0.1) is 11.8 Å². The molecule has 1 rings (SSSR count). The van der Waals surface area contributed by atoms with Gasteiger partial charge in [0.05, 0.1) is 0 Å². The van der Waals surface area contributed by atoms with Gasteiger partial charge in [0, 0.05) is 17.8 Å². The molecule has 1 atom stereocenters. The average molecular weight is 248 g/mol. The highest BCUT2D eigenvalue weighted by Gasteiger charge is 2.12. The number of anilines is 1. The Balaban J connectivity index is 2.61. The maximum atomic E-state index is 11.3. The Kier molecular flexibility index (Phi) is 5.86. The van der Waals surface area contributed by atoms with Crippen LogP contribution in [0.4, 0.5) is 5.69 Å². The van der Waals surface area contributed by atoms with Crippen molar-refractivity contribution in [2.45, 2.75) is 20.8 Å². The van der Waals surface area contributed by atoms with E-state index in [-0.39, 0.29) is 5.78 Å². The summed E-state index contributed by atoms with van der Waals surface area (Å²) in [5.41, 5.74) is 1.78. The van der Waals surface area contributed by atoms with E-state index in [0.717, 1.165) is 24.3 Å². The van der Waals surface area contributed by atoms with Crippen LogP contribution in [0.25, 0.3) is 0 Å². The van der Waals surface area contributed by atoms with E-state index >= 15 is 0 Å². The molecule has 0 fully saturated rings. The Bertz CT molecular complexity index is 388. The van der Waals surface area contributed by atoms with Crippen LogP contribution < -0.4 is 10.6 Å². The highest BCUT2D eigenvalue weighted by atomic mass is 16.1. The lowest BCUT2D eigenvalue weighted by molar-refractivity contribution is 0.101. The minimum absolute atomic E-state index is 0.106. The van der Waals surface area contributed by atoms with Crippen molar-refractivity contribution < 1.29 is 4.79 Å². The predicted octanol–water partition coefficient (Wildman–Crippen LogP) is 2.79. The molecule has 0 saturated heterocycles. The molecule has 0 aromatic heterocycles. The summed E-state index contributed by atoms with van der Waals surface area (Å²) < 4.78 is 0. The fourth-order valence-corrected chi connectivity index (χ4v) is 1.90. The van der Waals surface area contributed by atoms with E-state index in [1.54, 1.807) is 6.92 Å². The predicted molar refractivity (Wildman–Crippen MR) is 77.2 cm³/mol. The number of Topliss-reactive ketones (excluding diaryl/α,β-unsaturated/α-hetero) is 1. The van der Waals surface area contributed by atoms with Crippen LogP contribution in [0.15, 0.2) is 24.3 Å². The molecular weight excluding hydrogens is 224 g/mol. The summed E-state index contributed by atoms with van der Waals surface area (Å²) in [5, 5.41) is 6.63. The van der Waals surface area contributed by atoms with E-state index in [1.165, 1.54) is 0 Å². The zero-order valence-electron chi connectivity index (χ0n) is 11.8. The second-order valence-corrected chi connectivity index (χ2v) is 5.08. The van der Waals surface area contributed by atoms with Crippen molar-refractivity contribution in [2.24, 2.45) is 11.8 Å². The lowest BCUT2D eigenvalue weighted by Gasteiger charge is -2.21. The van der Waals surface area contributed by atoms with Gasteiger partial charge in [-0.05, 0) is 44.5 Å². The number of ketones is 1. The summed E-state index contributed by atoms with van der Waals surface area (Å²) in [6.07, 6.45) is 0. The van der Waals surface area contributed by atoms with Crippen molar-refractivity contribution in [1.29, 1.82) is 0 Å². The van der Waals surface area contributed by atoms with Gasteiger partial charge in [0.25, 0.3) is 0 Å². The molecule has 0 heterocycles. The molecule has 3 heteroatoms. The smallest absolute Gasteiger partial charge is 0.159 e. The number of carbonyl (C=O) groups excluding carboxylic acids is 1. The molecule has 0 spiro atoms. The molecule has 100 valence electrons. The van der Waals surface area contributed by atoms with Crippen molar-refractivity contribution >= 4 is 11.5 Å². The summed E-state index contributed by atoms with van der Waals surface area (Å²) >= 11 is 0. The van der Waals surface area contributed by atoms with E-state index in [1.807, 2.05) is 31.3 Å². The molecule has 0 bridgehead atoms. The maximum absolute atomic E-state index is 11.3. The highest BCUT2D eigenvalue weighted by molar-refractivity contribution is 5.94. The first kappa shape index (κ1) is 14.7. The largest absolute Gasteiger partial charge is 0.385 e. The molecule has 0 aliphatic rings. The SMILES string of the molecule is CNCC(CNc1cccc(C(C)=O)c1)C(C)C. The number of hydrogen-bond donors (Lipinski definition) is 2. The normalized spacial score (nSPS) is 12.5. The molecule has 1 aromatic carbocycles. The van der Waals surface area contributed by atoms with Crippen molar-refractivity contribution in [3.63, 3.8) is 0 Å². The summed E-state index contributed by atoms with van der Waals surface area (Å²) in [4.78, 5) is 11.3. The van der Waals surface area contributed by atoms with Crippen molar-refractivity contribution in [1.82, 2.24) is 5.32 Å². The van der Waals surface area contributed by atoms with Gasteiger partial charge in [-0.1, -0.05) is 26.0 Å². The Morgan fingerprint density at radius 3 is 2.56 bits per heavy atom. The molecule has 3 nitrogen and oxygen atoms in total. The third-order valence-electron chi connectivity index (χ3n) is 3.25. The number of carbonyl (C=O) groups is 1. The van der Waals surface area contributed by atoms with Crippen molar-refractivity contribution in [2.75, 3.05) is 25.5 Å². The van der Waals surface area contributed by atoms with E-state index in [4.69, 9.17) is 0 Å². The molecule has 0 aliphatic carbocycles. The van der Waals surface area contributed by atoms with Crippen LogP contribution in [0.3, 0.4) is 0 Å². The zero-order valence-corrected chi connectivity index (χ0v) is 11.8. The maximum Gasteiger partial charge on any atom is 0.159 e. The molecule has 0 amide bonds. The summed E-state index contributed by atoms with van der Waals surface area (Å²) in [6.45, 7) is 7.97. The lowest BCUT2D eigenvalue weighted by atomic mass is 9.95.